The van der Waals surface area contributed by atoms with Crippen LogP contribution in [-0.4, -0.2) is 36.8 Å². The van der Waals surface area contributed by atoms with Crippen molar-refractivity contribution in [3.05, 3.63) is 47.7 Å². The fourth-order valence-electron chi connectivity index (χ4n) is 3.54. The summed E-state index contributed by atoms with van der Waals surface area (Å²) in [5, 5.41) is 3.23. The molecule has 0 saturated carbocycles. The molecule has 0 saturated heterocycles. The molecule has 1 aromatic carbocycles. The molecule has 8 heteroatoms. The summed E-state index contributed by atoms with van der Waals surface area (Å²) in [7, 11) is -1.84. The molecule has 2 aliphatic rings. The Labute approximate surface area is 158 Å². The summed E-state index contributed by atoms with van der Waals surface area (Å²) in [6.07, 6.45) is 0.528. The maximum Gasteiger partial charge on any atom is 0.165 e. The van der Waals surface area contributed by atoms with Gasteiger partial charge in [0.2, 0.25) is 0 Å². The average Bonchev–Trinajstić information content (AvgIpc) is 2.61. The van der Waals surface area contributed by atoms with Crippen LogP contribution in [0.5, 0.6) is 5.75 Å². The zero-order valence-corrected chi connectivity index (χ0v) is 16.3. The fraction of sp³-hybridized carbons (Fsp3) is 0.368. The summed E-state index contributed by atoms with van der Waals surface area (Å²) < 4.78 is 29.7. The molecule has 1 atom stereocenters. The fourth-order valence-corrected chi connectivity index (χ4v) is 5.20. The van der Waals surface area contributed by atoms with Crippen molar-refractivity contribution in [3.8, 4) is 5.75 Å². The van der Waals surface area contributed by atoms with Crippen LogP contribution >= 0.6 is 0 Å². The molecular formula is C19H22N4O3S. The van der Waals surface area contributed by atoms with Crippen LogP contribution in [0.2, 0.25) is 0 Å². The van der Waals surface area contributed by atoms with E-state index in [1.165, 1.54) is 0 Å². The van der Waals surface area contributed by atoms with E-state index in [-0.39, 0.29) is 11.6 Å². The number of methoxy groups -OCH3 is 1. The Hall–Kier alpha value is -2.61. The standard InChI is InChI=1S/C19H22N4O3S/c1-18(2)17(20)23-19(11-27(18,24)25)10-12-8-9-15(22-16(12)19)21-13-6-4-5-7-14(13)26-3/h4-9H,10-11H2,1-3H3,(H2,20,23)(H,21,22)/t19-/m0/s1. The quantitative estimate of drug-likeness (QED) is 0.837. The Kier molecular flexibility index (Phi) is 3.75. The lowest BCUT2D eigenvalue weighted by Gasteiger charge is -2.45. The number of pyridine rings is 1. The van der Waals surface area contributed by atoms with Gasteiger partial charge in [0.15, 0.2) is 9.84 Å². The first-order valence-corrected chi connectivity index (χ1v) is 10.3. The number of nitrogens with one attached hydrogen (secondary N) is 1. The van der Waals surface area contributed by atoms with Crippen LogP contribution in [0.3, 0.4) is 0 Å². The molecule has 3 N–H and O–H groups in total. The number of nitrogens with two attached hydrogens (primary N) is 1. The molecule has 0 amide bonds. The number of aromatic nitrogens is 1. The van der Waals surface area contributed by atoms with Crippen LogP contribution in [0, 0.1) is 0 Å². The minimum absolute atomic E-state index is 0.0776. The van der Waals surface area contributed by atoms with Crippen molar-refractivity contribution in [1.29, 1.82) is 0 Å². The maximum atomic E-state index is 12.8. The van der Waals surface area contributed by atoms with Crippen LogP contribution in [0.25, 0.3) is 0 Å². The molecule has 0 fully saturated rings. The summed E-state index contributed by atoms with van der Waals surface area (Å²) in [5.74, 6) is 1.37. The minimum Gasteiger partial charge on any atom is -0.495 e. The van der Waals surface area contributed by atoms with Crippen LogP contribution < -0.4 is 15.8 Å². The van der Waals surface area contributed by atoms with E-state index < -0.39 is 20.1 Å². The molecule has 0 unspecified atom stereocenters. The summed E-state index contributed by atoms with van der Waals surface area (Å²) in [6, 6.07) is 11.3. The molecule has 0 bridgehead atoms. The number of nitrogens with zero attached hydrogens (tertiary/aromatic N) is 2. The molecule has 1 spiro atoms. The van der Waals surface area contributed by atoms with Crippen molar-refractivity contribution in [3.63, 3.8) is 0 Å². The zero-order chi connectivity index (χ0) is 19.4. The first kappa shape index (κ1) is 17.8. The second kappa shape index (κ2) is 5.69. The van der Waals surface area contributed by atoms with E-state index in [2.05, 4.69) is 15.3 Å². The molecule has 27 heavy (non-hydrogen) atoms. The average molecular weight is 386 g/mol. The van der Waals surface area contributed by atoms with Crippen molar-refractivity contribution < 1.29 is 13.2 Å². The molecule has 1 aromatic heterocycles. The third-order valence-electron chi connectivity index (χ3n) is 5.43. The lowest BCUT2D eigenvalue weighted by atomic mass is 9.75. The van der Waals surface area contributed by atoms with Crippen molar-refractivity contribution in [1.82, 2.24) is 4.98 Å². The van der Waals surface area contributed by atoms with Gasteiger partial charge < -0.3 is 15.8 Å². The molecule has 2 aromatic rings. The predicted molar refractivity (Wildman–Crippen MR) is 105 cm³/mol. The number of hydrogen-bond donors (Lipinski definition) is 2. The summed E-state index contributed by atoms with van der Waals surface area (Å²) in [4.78, 5) is 9.25. The van der Waals surface area contributed by atoms with Gasteiger partial charge in [-0.3, -0.25) is 4.99 Å². The topological polar surface area (TPSA) is 107 Å². The highest BCUT2D eigenvalue weighted by atomic mass is 32.2. The Morgan fingerprint density at radius 2 is 1.93 bits per heavy atom. The van der Waals surface area contributed by atoms with Gasteiger partial charge >= 0.3 is 0 Å². The number of sulfone groups is 1. The van der Waals surface area contributed by atoms with Crippen LogP contribution in [0.15, 0.2) is 41.4 Å². The second-order valence-corrected chi connectivity index (χ2v) is 10.0. The number of ether oxygens (including phenoxy) is 1. The van der Waals surface area contributed by atoms with Crippen molar-refractivity contribution in [2.45, 2.75) is 30.6 Å². The predicted octanol–water partition coefficient (Wildman–Crippen LogP) is 2.15. The SMILES string of the molecule is COc1ccccc1Nc1ccc2c(n1)[C@]1(C2)CS(=O)(=O)C(C)(C)C(N)=N1. The Morgan fingerprint density at radius 1 is 1.19 bits per heavy atom. The highest BCUT2D eigenvalue weighted by Crippen LogP contribution is 2.47. The van der Waals surface area contributed by atoms with E-state index in [4.69, 9.17) is 10.5 Å². The molecular weight excluding hydrogens is 364 g/mol. The highest BCUT2D eigenvalue weighted by Gasteiger charge is 2.56. The third-order valence-corrected chi connectivity index (χ3v) is 8.05. The van der Waals surface area contributed by atoms with Gasteiger partial charge in [0.1, 0.15) is 27.7 Å². The first-order chi connectivity index (χ1) is 12.7. The van der Waals surface area contributed by atoms with E-state index >= 15 is 0 Å². The van der Waals surface area contributed by atoms with Crippen molar-refractivity contribution in [2.75, 3.05) is 18.2 Å². The number of amidine groups is 1. The molecule has 1 aliphatic carbocycles. The molecule has 142 valence electrons. The van der Waals surface area contributed by atoms with E-state index in [0.29, 0.717) is 23.7 Å². The van der Waals surface area contributed by atoms with Gasteiger partial charge in [0.05, 0.1) is 24.2 Å². The lowest BCUT2D eigenvalue weighted by Crippen LogP contribution is -2.58. The maximum absolute atomic E-state index is 12.8. The lowest BCUT2D eigenvalue weighted by molar-refractivity contribution is 0.399. The van der Waals surface area contributed by atoms with Gasteiger partial charge in [0.25, 0.3) is 0 Å². The number of rotatable bonds is 3. The van der Waals surface area contributed by atoms with Crippen molar-refractivity contribution in [2.24, 2.45) is 10.7 Å². The number of aliphatic imine (C=N–C) groups is 1. The number of benzene rings is 1. The number of anilines is 2. The van der Waals surface area contributed by atoms with E-state index in [1.54, 1.807) is 21.0 Å². The summed E-state index contributed by atoms with van der Waals surface area (Å²) in [5.41, 5.74) is 7.60. The van der Waals surface area contributed by atoms with Gasteiger partial charge in [-0.25, -0.2) is 13.4 Å². The third kappa shape index (κ3) is 2.58. The second-order valence-electron chi connectivity index (χ2n) is 7.50. The molecule has 4 rings (SSSR count). The minimum atomic E-state index is -3.44. The van der Waals surface area contributed by atoms with Gasteiger partial charge in [-0.2, -0.15) is 0 Å². The summed E-state index contributed by atoms with van der Waals surface area (Å²) in [6.45, 7) is 3.20. The molecule has 7 nitrogen and oxygen atoms in total. The number of fused-ring (bicyclic) bond motifs is 2. The highest BCUT2D eigenvalue weighted by molar-refractivity contribution is 7.93. The van der Waals surface area contributed by atoms with Crippen LogP contribution in [0.4, 0.5) is 11.5 Å². The molecule has 2 heterocycles. The van der Waals surface area contributed by atoms with Crippen molar-refractivity contribution >= 4 is 27.2 Å². The normalized spacial score (nSPS) is 24.5. The van der Waals surface area contributed by atoms with Gasteiger partial charge in [-0.05, 0) is 37.6 Å². The van der Waals surface area contributed by atoms with Gasteiger partial charge in [-0.1, -0.05) is 18.2 Å². The number of para-hydroxylation sites is 2. The monoisotopic (exact) mass is 386 g/mol. The van der Waals surface area contributed by atoms with Gasteiger partial charge in [0, 0.05) is 6.42 Å². The summed E-state index contributed by atoms with van der Waals surface area (Å²) >= 11 is 0. The van der Waals surface area contributed by atoms with Gasteiger partial charge in [-0.15, -0.1) is 0 Å². The largest absolute Gasteiger partial charge is 0.495 e. The smallest absolute Gasteiger partial charge is 0.165 e. The zero-order valence-electron chi connectivity index (χ0n) is 15.5. The Morgan fingerprint density at radius 3 is 2.63 bits per heavy atom. The Bertz CT molecular complexity index is 1060. The van der Waals surface area contributed by atoms with E-state index in [1.807, 2.05) is 36.4 Å². The Balaban J connectivity index is 1.72. The van der Waals surface area contributed by atoms with Crippen LogP contribution in [0.1, 0.15) is 25.1 Å². The number of hydrogen-bond acceptors (Lipinski definition) is 7. The van der Waals surface area contributed by atoms with Crippen LogP contribution in [-0.2, 0) is 21.8 Å². The first-order valence-electron chi connectivity index (χ1n) is 8.67. The van der Waals surface area contributed by atoms with E-state index in [0.717, 1.165) is 11.3 Å². The molecule has 1 aliphatic heterocycles. The molecule has 0 radical (unpaired) electrons. The van der Waals surface area contributed by atoms with E-state index in [9.17, 15) is 8.42 Å².